The number of hydrogen-bond acceptors (Lipinski definition) is 3. The molecule has 1 unspecified atom stereocenters. The topological polar surface area (TPSA) is 45.0 Å². The number of rotatable bonds is 9. The molecule has 1 aromatic rings. The molecule has 1 rings (SSSR count). The Morgan fingerprint density at radius 2 is 2.21 bits per heavy atom. The molecule has 3 nitrogen and oxygen atoms in total. The third-order valence-electron chi connectivity index (χ3n) is 3.01. The first kappa shape index (κ1) is 15.5. The van der Waals surface area contributed by atoms with Crippen molar-refractivity contribution in [2.75, 3.05) is 13.2 Å². The van der Waals surface area contributed by atoms with E-state index in [4.69, 9.17) is 10.00 Å². The molecular formula is C16H24N2O. The molecule has 0 saturated heterocycles. The molecule has 0 bridgehead atoms. The van der Waals surface area contributed by atoms with Crippen molar-refractivity contribution >= 4 is 0 Å². The van der Waals surface area contributed by atoms with Gasteiger partial charge in [0.05, 0.1) is 12.7 Å². The lowest BCUT2D eigenvalue weighted by Crippen LogP contribution is -2.19. The summed E-state index contributed by atoms with van der Waals surface area (Å²) in [7, 11) is 0. The van der Waals surface area contributed by atoms with E-state index >= 15 is 0 Å². The Labute approximate surface area is 116 Å². The van der Waals surface area contributed by atoms with Gasteiger partial charge in [-0.15, -0.1) is 0 Å². The zero-order valence-corrected chi connectivity index (χ0v) is 12.0. The van der Waals surface area contributed by atoms with Crippen LogP contribution in [0, 0.1) is 11.3 Å². The fraction of sp³-hybridized carbons (Fsp3) is 0.562. The Balaban J connectivity index is 2.41. The summed E-state index contributed by atoms with van der Waals surface area (Å²) < 4.78 is 5.71. The number of nitrogens with one attached hydrogen (secondary N) is 1. The van der Waals surface area contributed by atoms with E-state index in [-0.39, 0.29) is 0 Å². The van der Waals surface area contributed by atoms with Crippen molar-refractivity contribution < 1.29 is 4.74 Å². The lowest BCUT2D eigenvalue weighted by Gasteiger charge is -2.15. The minimum Gasteiger partial charge on any atom is -0.494 e. The van der Waals surface area contributed by atoms with Crippen LogP contribution in [0.2, 0.25) is 0 Å². The summed E-state index contributed by atoms with van der Waals surface area (Å²) in [5, 5.41) is 11.9. The van der Waals surface area contributed by atoms with Gasteiger partial charge in [-0.25, -0.2) is 0 Å². The van der Waals surface area contributed by atoms with Crippen molar-refractivity contribution in [3.63, 3.8) is 0 Å². The molecule has 0 aliphatic carbocycles. The fourth-order valence-corrected chi connectivity index (χ4v) is 1.85. The van der Waals surface area contributed by atoms with Gasteiger partial charge in [-0.05, 0) is 50.4 Å². The molecule has 0 radical (unpaired) electrons. The molecule has 1 atom stereocenters. The van der Waals surface area contributed by atoms with Crippen LogP contribution in [-0.2, 0) is 0 Å². The molecule has 19 heavy (non-hydrogen) atoms. The summed E-state index contributed by atoms with van der Waals surface area (Å²) in [5.74, 6) is 0.916. The molecule has 0 spiro atoms. The summed E-state index contributed by atoms with van der Waals surface area (Å²) in [6, 6.07) is 10.7. The Kier molecular flexibility index (Phi) is 7.69. The van der Waals surface area contributed by atoms with E-state index in [1.165, 1.54) is 5.56 Å². The van der Waals surface area contributed by atoms with Gasteiger partial charge in [-0.1, -0.05) is 19.1 Å². The van der Waals surface area contributed by atoms with E-state index in [1.54, 1.807) is 0 Å². The quantitative estimate of drug-likeness (QED) is 0.686. The summed E-state index contributed by atoms with van der Waals surface area (Å²) in [6.07, 6.45) is 3.59. The van der Waals surface area contributed by atoms with Gasteiger partial charge in [0.15, 0.2) is 0 Å². The highest BCUT2D eigenvalue weighted by Crippen LogP contribution is 2.19. The van der Waals surface area contributed by atoms with E-state index in [0.29, 0.717) is 19.1 Å². The molecule has 0 amide bonds. The fourth-order valence-electron chi connectivity index (χ4n) is 1.85. The van der Waals surface area contributed by atoms with Gasteiger partial charge >= 0.3 is 0 Å². The maximum absolute atomic E-state index is 8.45. The second kappa shape index (κ2) is 9.41. The molecule has 0 saturated carbocycles. The van der Waals surface area contributed by atoms with E-state index in [9.17, 15) is 0 Å². The Bertz CT molecular complexity index is 398. The van der Waals surface area contributed by atoms with Crippen LogP contribution in [0.1, 0.15) is 51.1 Å². The van der Waals surface area contributed by atoms with Gasteiger partial charge in [-0.2, -0.15) is 5.26 Å². The number of hydrogen-bond donors (Lipinski definition) is 1. The summed E-state index contributed by atoms with van der Waals surface area (Å²) >= 11 is 0. The third-order valence-corrected chi connectivity index (χ3v) is 3.01. The second-order valence-electron chi connectivity index (χ2n) is 4.71. The van der Waals surface area contributed by atoms with Gasteiger partial charge in [0, 0.05) is 12.5 Å². The number of nitrogens with zero attached hydrogens (tertiary/aromatic N) is 1. The molecule has 0 aromatic heterocycles. The average Bonchev–Trinajstić information content (AvgIpc) is 2.45. The van der Waals surface area contributed by atoms with Crippen LogP contribution in [0.15, 0.2) is 24.3 Å². The predicted molar refractivity (Wildman–Crippen MR) is 78.1 cm³/mol. The zero-order chi connectivity index (χ0) is 13.9. The first-order chi connectivity index (χ1) is 9.27. The van der Waals surface area contributed by atoms with Crippen LogP contribution in [0.4, 0.5) is 0 Å². The zero-order valence-electron chi connectivity index (χ0n) is 12.0. The predicted octanol–water partition coefficient (Wildman–Crippen LogP) is 3.82. The smallest absolute Gasteiger partial charge is 0.119 e. The van der Waals surface area contributed by atoms with Gasteiger partial charge < -0.3 is 10.1 Å². The third kappa shape index (κ3) is 6.26. The maximum Gasteiger partial charge on any atom is 0.119 e. The molecule has 0 aliphatic rings. The normalized spacial score (nSPS) is 11.8. The monoisotopic (exact) mass is 260 g/mol. The van der Waals surface area contributed by atoms with Gasteiger partial charge in [0.2, 0.25) is 0 Å². The van der Waals surface area contributed by atoms with Crippen LogP contribution in [0.25, 0.3) is 0 Å². The maximum atomic E-state index is 8.45. The Hall–Kier alpha value is -1.53. The summed E-state index contributed by atoms with van der Waals surface area (Å²) in [6.45, 7) is 6.05. The highest BCUT2D eigenvalue weighted by atomic mass is 16.5. The molecule has 0 fully saturated rings. The minimum atomic E-state index is 0.349. The van der Waals surface area contributed by atoms with Crippen molar-refractivity contribution in [2.45, 2.75) is 45.6 Å². The number of nitriles is 1. The van der Waals surface area contributed by atoms with E-state index in [0.717, 1.165) is 31.6 Å². The number of ether oxygens (including phenoxy) is 1. The first-order valence-electron chi connectivity index (χ1n) is 7.11. The van der Waals surface area contributed by atoms with Gasteiger partial charge in [-0.3, -0.25) is 0 Å². The summed E-state index contributed by atoms with van der Waals surface area (Å²) in [5.41, 5.74) is 1.25. The highest BCUT2D eigenvalue weighted by Gasteiger charge is 2.05. The lowest BCUT2D eigenvalue weighted by atomic mass is 10.1. The lowest BCUT2D eigenvalue weighted by molar-refractivity contribution is 0.307. The van der Waals surface area contributed by atoms with Gasteiger partial charge in [0.1, 0.15) is 5.75 Å². The number of benzene rings is 1. The molecule has 0 heterocycles. The SMILES string of the molecule is CCCNC(C)c1cccc(OCCCCC#N)c1. The van der Waals surface area contributed by atoms with Crippen LogP contribution in [0.5, 0.6) is 5.75 Å². The second-order valence-corrected chi connectivity index (χ2v) is 4.71. The molecule has 3 heteroatoms. The van der Waals surface area contributed by atoms with Crippen molar-refractivity contribution in [3.8, 4) is 11.8 Å². The first-order valence-corrected chi connectivity index (χ1v) is 7.11. The van der Waals surface area contributed by atoms with Gasteiger partial charge in [0.25, 0.3) is 0 Å². The average molecular weight is 260 g/mol. The Morgan fingerprint density at radius 3 is 2.95 bits per heavy atom. The largest absolute Gasteiger partial charge is 0.494 e. The van der Waals surface area contributed by atoms with E-state index in [1.807, 2.05) is 12.1 Å². The van der Waals surface area contributed by atoms with Crippen LogP contribution >= 0.6 is 0 Å². The van der Waals surface area contributed by atoms with E-state index in [2.05, 4.69) is 37.4 Å². The molecule has 1 N–H and O–H groups in total. The van der Waals surface area contributed by atoms with Crippen molar-refractivity contribution in [1.82, 2.24) is 5.32 Å². The van der Waals surface area contributed by atoms with Crippen LogP contribution < -0.4 is 10.1 Å². The van der Waals surface area contributed by atoms with Crippen LogP contribution in [0.3, 0.4) is 0 Å². The number of unbranched alkanes of at least 4 members (excludes halogenated alkanes) is 2. The molecular weight excluding hydrogens is 236 g/mol. The molecule has 104 valence electrons. The van der Waals surface area contributed by atoms with Crippen molar-refractivity contribution in [1.29, 1.82) is 5.26 Å². The van der Waals surface area contributed by atoms with E-state index < -0.39 is 0 Å². The highest BCUT2D eigenvalue weighted by molar-refractivity contribution is 5.30. The van der Waals surface area contributed by atoms with Crippen LogP contribution in [-0.4, -0.2) is 13.2 Å². The molecule has 0 aliphatic heterocycles. The standard InChI is InChI=1S/C16H24N2O/c1-3-11-18-14(2)15-8-7-9-16(13-15)19-12-6-4-5-10-17/h7-9,13-14,18H,3-6,11-12H2,1-2H3. The van der Waals surface area contributed by atoms with Crippen molar-refractivity contribution in [3.05, 3.63) is 29.8 Å². The Morgan fingerprint density at radius 1 is 1.37 bits per heavy atom. The molecule has 1 aromatic carbocycles. The summed E-state index contributed by atoms with van der Waals surface area (Å²) in [4.78, 5) is 0. The van der Waals surface area contributed by atoms with Crippen molar-refractivity contribution in [2.24, 2.45) is 0 Å². The minimum absolute atomic E-state index is 0.349.